The summed E-state index contributed by atoms with van der Waals surface area (Å²) in [6.45, 7) is 1.05. The SMILES string of the molecule is c1cc2c3c(c1)sc1ccc[n+](c13)C2. The van der Waals surface area contributed by atoms with Gasteiger partial charge in [-0.15, -0.1) is 11.3 Å². The number of rotatable bonds is 0. The minimum atomic E-state index is 1.05. The van der Waals surface area contributed by atoms with Crippen LogP contribution in [0, 0.1) is 0 Å². The summed E-state index contributed by atoms with van der Waals surface area (Å²) in [5.41, 5.74) is 2.91. The van der Waals surface area contributed by atoms with Crippen LogP contribution in [0.2, 0.25) is 0 Å². The van der Waals surface area contributed by atoms with Crippen molar-refractivity contribution in [2.24, 2.45) is 0 Å². The highest BCUT2D eigenvalue weighted by Gasteiger charge is 2.25. The molecule has 3 heterocycles. The monoisotopic (exact) mass is 198 g/mol. The molecule has 0 saturated carbocycles. The Balaban J connectivity index is 2.46. The minimum absolute atomic E-state index is 1.05. The maximum Gasteiger partial charge on any atom is 0.232 e. The summed E-state index contributed by atoms with van der Waals surface area (Å²) in [5, 5.41) is 1.48. The number of hydrogen-bond acceptors (Lipinski definition) is 1. The number of hydrogen-bond donors (Lipinski definition) is 0. The first-order chi connectivity index (χ1) is 6.93. The van der Waals surface area contributed by atoms with E-state index in [2.05, 4.69) is 41.1 Å². The molecule has 0 atom stereocenters. The van der Waals surface area contributed by atoms with Crippen LogP contribution < -0.4 is 4.57 Å². The molecule has 0 spiro atoms. The lowest BCUT2D eigenvalue weighted by molar-refractivity contribution is -0.657. The van der Waals surface area contributed by atoms with Gasteiger partial charge in [0, 0.05) is 16.3 Å². The van der Waals surface area contributed by atoms with Crippen molar-refractivity contribution in [2.45, 2.75) is 6.54 Å². The maximum absolute atomic E-state index is 2.35. The van der Waals surface area contributed by atoms with Gasteiger partial charge in [-0.2, -0.15) is 4.57 Å². The van der Waals surface area contributed by atoms with Gasteiger partial charge in [0.25, 0.3) is 0 Å². The summed E-state index contributed by atoms with van der Waals surface area (Å²) < 4.78 is 5.19. The normalized spacial score (nSPS) is 13.4. The van der Waals surface area contributed by atoms with E-state index < -0.39 is 0 Å². The number of nitrogens with zero attached hydrogens (tertiary/aromatic N) is 1. The number of aromatic nitrogens is 1. The Kier molecular flexibility index (Phi) is 1.07. The molecule has 1 nitrogen and oxygen atoms in total. The molecule has 0 aliphatic carbocycles. The quantitative estimate of drug-likeness (QED) is 0.382. The van der Waals surface area contributed by atoms with E-state index in [9.17, 15) is 0 Å². The van der Waals surface area contributed by atoms with E-state index in [4.69, 9.17) is 0 Å². The number of benzene rings is 1. The molecule has 2 heteroatoms. The number of thiophene rings is 1. The second-order valence-electron chi connectivity index (χ2n) is 3.74. The van der Waals surface area contributed by atoms with E-state index in [1.807, 2.05) is 11.3 Å². The Morgan fingerprint density at radius 3 is 3.00 bits per heavy atom. The number of pyridine rings is 1. The van der Waals surface area contributed by atoms with Crippen LogP contribution in [-0.4, -0.2) is 0 Å². The predicted molar refractivity (Wildman–Crippen MR) is 58.6 cm³/mol. The van der Waals surface area contributed by atoms with Crippen molar-refractivity contribution in [1.29, 1.82) is 0 Å². The van der Waals surface area contributed by atoms with Crippen molar-refractivity contribution in [3.8, 4) is 0 Å². The van der Waals surface area contributed by atoms with Crippen LogP contribution >= 0.6 is 11.3 Å². The van der Waals surface area contributed by atoms with Gasteiger partial charge in [0.1, 0.15) is 4.70 Å². The van der Waals surface area contributed by atoms with Crippen LogP contribution in [0.5, 0.6) is 0 Å². The summed E-state index contributed by atoms with van der Waals surface area (Å²) in [7, 11) is 0. The van der Waals surface area contributed by atoms with E-state index in [0.717, 1.165) is 6.54 Å². The summed E-state index contributed by atoms with van der Waals surface area (Å²) in [5.74, 6) is 0. The van der Waals surface area contributed by atoms with Crippen molar-refractivity contribution in [1.82, 2.24) is 0 Å². The van der Waals surface area contributed by atoms with Crippen molar-refractivity contribution < 1.29 is 4.57 Å². The van der Waals surface area contributed by atoms with Gasteiger partial charge in [-0.3, -0.25) is 0 Å². The van der Waals surface area contributed by atoms with Gasteiger partial charge in [0.2, 0.25) is 5.52 Å². The topological polar surface area (TPSA) is 3.88 Å². The molecule has 1 aromatic carbocycles. The molecule has 0 fully saturated rings. The average molecular weight is 198 g/mol. The van der Waals surface area contributed by atoms with Crippen molar-refractivity contribution >= 4 is 31.6 Å². The van der Waals surface area contributed by atoms with E-state index in [1.165, 1.54) is 25.9 Å². The van der Waals surface area contributed by atoms with Gasteiger partial charge in [0.15, 0.2) is 12.7 Å². The second kappa shape index (κ2) is 2.15. The Morgan fingerprint density at radius 2 is 2.00 bits per heavy atom. The lowest BCUT2D eigenvalue weighted by Gasteiger charge is -1.91. The molecule has 4 rings (SSSR count). The van der Waals surface area contributed by atoms with E-state index in [0.29, 0.717) is 0 Å². The standard InChI is InChI=1S/C12H8NS/c1-3-8-7-13-6-2-5-10-12(13)11(8)9(4-1)14-10/h1-6H,7H2/q+1. The molecule has 0 radical (unpaired) electrons. The maximum atomic E-state index is 2.35. The third-order valence-electron chi connectivity index (χ3n) is 2.94. The van der Waals surface area contributed by atoms with Gasteiger partial charge < -0.3 is 0 Å². The molecule has 14 heavy (non-hydrogen) atoms. The van der Waals surface area contributed by atoms with Gasteiger partial charge >= 0.3 is 0 Å². The van der Waals surface area contributed by atoms with E-state index >= 15 is 0 Å². The third kappa shape index (κ3) is 0.654. The first kappa shape index (κ1) is 6.96. The molecule has 1 aliphatic rings. The predicted octanol–water partition coefficient (Wildman–Crippen LogP) is 2.70. The molecule has 0 amide bonds. The molecule has 1 aliphatic heterocycles. The van der Waals surface area contributed by atoms with Crippen LogP contribution in [-0.2, 0) is 6.54 Å². The smallest absolute Gasteiger partial charge is 0.193 e. The van der Waals surface area contributed by atoms with Crippen LogP contribution in [0.25, 0.3) is 20.3 Å². The second-order valence-corrected chi connectivity index (χ2v) is 4.83. The fraction of sp³-hybridized carbons (Fsp3) is 0.0833. The molecule has 0 saturated heterocycles. The van der Waals surface area contributed by atoms with Gasteiger partial charge in [-0.25, -0.2) is 0 Å². The lowest BCUT2D eigenvalue weighted by atomic mass is 10.1. The van der Waals surface area contributed by atoms with Crippen LogP contribution in [0.1, 0.15) is 5.56 Å². The van der Waals surface area contributed by atoms with E-state index in [-0.39, 0.29) is 0 Å². The molecule has 0 unspecified atom stereocenters. The van der Waals surface area contributed by atoms with Crippen molar-refractivity contribution in [3.05, 3.63) is 42.1 Å². The molecule has 3 aromatic rings. The van der Waals surface area contributed by atoms with E-state index in [1.54, 1.807) is 0 Å². The molecule has 0 N–H and O–H groups in total. The molecule has 2 aromatic heterocycles. The van der Waals surface area contributed by atoms with Crippen LogP contribution in [0.4, 0.5) is 0 Å². The summed E-state index contributed by atoms with van der Waals surface area (Å²) in [4.78, 5) is 0. The third-order valence-corrected chi connectivity index (χ3v) is 4.05. The van der Waals surface area contributed by atoms with Gasteiger partial charge in [-0.05, 0) is 12.1 Å². The fourth-order valence-electron chi connectivity index (χ4n) is 2.37. The highest BCUT2D eigenvalue weighted by Crippen LogP contribution is 2.36. The minimum Gasteiger partial charge on any atom is -0.193 e. The largest absolute Gasteiger partial charge is 0.232 e. The van der Waals surface area contributed by atoms with Gasteiger partial charge in [0.05, 0.1) is 5.39 Å². The Morgan fingerprint density at radius 1 is 1.07 bits per heavy atom. The highest BCUT2D eigenvalue weighted by atomic mass is 32.1. The zero-order valence-corrected chi connectivity index (χ0v) is 8.34. The van der Waals surface area contributed by atoms with Crippen molar-refractivity contribution in [2.75, 3.05) is 0 Å². The Labute approximate surface area is 85.2 Å². The summed E-state index contributed by atoms with van der Waals surface area (Å²) >= 11 is 1.90. The molecule has 0 bridgehead atoms. The molecule has 66 valence electrons. The Bertz CT molecular complexity index is 610. The first-order valence-corrected chi connectivity index (χ1v) is 5.58. The first-order valence-electron chi connectivity index (χ1n) is 4.76. The van der Waals surface area contributed by atoms with Crippen molar-refractivity contribution in [3.63, 3.8) is 0 Å². The highest BCUT2D eigenvalue weighted by molar-refractivity contribution is 7.25. The molecular formula is C12H8NS+. The summed E-state index contributed by atoms with van der Waals surface area (Å²) in [6.07, 6.45) is 2.18. The van der Waals surface area contributed by atoms with Gasteiger partial charge in [-0.1, -0.05) is 12.1 Å². The lowest BCUT2D eigenvalue weighted by Crippen LogP contribution is -2.30. The zero-order chi connectivity index (χ0) is 9.12. The molecular weight excluding hydrogens is 190 g/mol. The van der Waals surface area contributed by atoms with Crippen LogP contribution in [0.15, 0.2) is 36.5 Å². The Hall–Kier alpha value is -1.41. The van der Waals surface area contributed by atoms with Crippen LogP contribution in [0.3, 0.4) is 0 Å². The average Bonchev–Trinajstić information content (AvgIpc) is 2.74. The summed E-state index contributed by atoms with van der Waals surface area (Å²) in [6, 6.07) is 11.0. The fourth-order valence-corrected chi connectivity index (χ4v) is 3.55. The zero-order valence-electron chi connectivity index (χ0n) is 7.53.